The summed E-state index contributed by atoms with van der Waals surface area (Å²) in [6.07, 6.45) is -3.65. The van der Waals surface area contributed by atoms with Crippen LogP contribution in [0.25, 0.3) is 0 Å². The Bertz CT molecular complexity index is 454. The van der Waals surface area contributed by atoms with E-state index in [0.717, 1.165) is 18.2 Å². The largest absolute Gasteiger partial charge is 0.573 e. The molecule has 0 unspecified atom stereocenters. The highest BCUT2D eigenvalue weighted by molar-refractivity contribution is 5.92. The molecule has 0 aliphatic rings. The average Bonchev–Trinajstić information content (AvgIpc) is 2.24. The van der Waals surface area contributed by atoms with Crippen molar-refractivity contribution in [1.82, 2.24) is 0 Å². The molecule has 0 bridgehead atoms. The van der Waals surface area contributed by atoms with Gasteiger partial charge in [-0.05, 0) is 12.1 Å². The smallest absolute Gasteiger partial charge is 0.485 e. The van der Waals surface area contributed by atoms with Gasteiger partial charge >= 0.3 is 12.3 Å². The summed E-state index contributed by atoms with van der Waals surface area (Å²) in [5, 5.41) is 8.85. The van der Waals surface area contributed by atoms with Gasteiger partial charge in [0, 0.05) is 0 Å². The van der Waals surface area contributed by atoms with Gasteiger partial charge in [0.1, 0.15) is 12.2 Å². The monoisotopic (exact) mass is 262 g/mol. The lowest BCUT2D eigenvalue weighted by Gasteiger charge is -2.15. The third-order valence-electron chi connectivity index (χ3n) is 1.78. The van der Waals surface area contributed by atoms with Gasteiger partial charge in [-0.2, -0.15) is 0 Å². The van der Waals surface area contributed by atoms with Crippen molar-refractivity contribution < 1.29 is 32.5 Å². The highest BCUT2D eigenvalue weighted by Gasteiger charge is 2.33. The highest BCUT2D eigenvalue weighted by Crippen LogP contribution is 2.35. The molecule has 0 amide bonds. The van der Waals surface area contributed by atoms with Crippen molar-refractivity contribution in [2.45, 2.75) is 6.36 Å². The number of ether oxygens (including phenoxy) is 2. The zero-order valence-corrected chi connectivity index (χ0v) is 9.03. The second-order valence-corrected chi connectivity index (χ2v) is 3.09. The van der Waals surface area contributed by atoms with Gasteiger partial charge in [0.05, 0.1) is 0 Å². The third-order valence-corrected chi connectivity index (χ3v) is 1.78. The first kappa shape index (κ1) is 13.9. The Kier molecular flexibility index (Phi) is 4.19. The Morgan fingerprint density at radius 1 is 1.44 bits per heavy atom. The van der Waals surface area contributed by atoms with E-state index in [1.807, 2.05) is 0 Å². The van der Waals surface area contributed by atoms with E-state index < -0.39 is 29.4 Å². The Morgan fingerprint density at radius 3 is 2.61 bits per heavy atom. The number of hydrogen-bond acceptors (Lipinski definition) is 3. The fraction of sp³-hybridized carbons (Fsp3) is 0.182. The molecule has 1 aromatic rings. The Hall–Kier alpha value is -2.18. The maximum Gasteiger partial charge on any atom is 0.573 e. The van der Waals surface area contributed by atoms with Crippen molar-refractivity contribution in [2.75, 3.05) is 6.61 Å². The summed E-state index contributed by atoms with van der Waals surface area (Å²) in [6, 6.07) is 3.22. The first-order valence-corrected chi connectivity index (χ1v) is 4.71. The first-order chi connectivity index (χ1) is 8.35. The molecule has 18 heavy (non-hydrogen) atoms. The van der Waals surface area contributed by atoms with Crippen LogP contribution in [0.5, 0.6) is 11.5 Å². The Balaban J connectivity index is 3.18. The van der Waals surface area contributed by atoms with Crippen LogP contribution >= 0.6 is 0 Å². The van der Waals surface area contributed by atoms with Crippen molar-refractivity contribution in [3.05, 3.63) is 36.4 Å². The van der Waals surface area contributed by atoms with E-state index in [2.05, 4.69) is 11.3 Å². The van der Waals surface area contributed by atoms with Crippen molar-refractivity contribution in [2.24, 2.45) is 0 Å². The SMILES string of the molecule is C=CCOc1c(OC(F)(F)F)cccc1C(=O)O. The lowest BCUT2D eigenvalue weighted by Crippen LogP contribution is -2.18. The molecule has 7 heteroatoms. The molecule has 1 rings (SSSR count). The fourth-order valence-electron chi connectivity index (χ4n) is 1.18. The van der Waals surface area contributed by atoms with Crippen LogP contribution in [-0.4, -0.2) is 24.0 Å². The van der Waals surface area contributed by atoms with Crippen molar-refractivity contribution in [1.29, 1.82) is 0 Å². The van der Waals surface area contributed by atoms with E-state index in [0.29, 0.717) is 0 Å². The van der Waals surface area contributed by atoms with Crippen LogP contribution in [0.3, 0.4) is 0 Å². The standard InChI is InChI=1S/C11H9F3O4/c1-2-6-17-9-7(10(15)16)4-3-5-8(9)18-11(12,13)14/h2-5H,1,6H2,(H,15,16). The van der Waals surface area contributed by atoms with E-state index in [1.165, 1.54) is 6.08 Å². The minimum atomic E-state index is -4.93. The molecule has 98 valence electrons. The van der Waals surface area contributed by atoms with Crippen molar-refractivity contribution in [3.8, 4) is 11.5 Å². The topological polar surface area (TPSA) is 55.8 Å². The van der Waals surface area contributed by atoms with Gasteiger partial charge in [-0.3, -0.25) is 0 Å². The molecule has 4 nitrogen and oxygen atoms in total. The molecule has 0 saturated heterocycles. The molecule has 0 spiro atoms. The molecular formula is C11H9F3O4. The molecule has 0 saturated carbocycles. The number of carboxylic acid groups (broad SMARTS) is 1. The van der Waals surface area contributed by atoms with Gasteiger partial charge in [-0.1, -0.05) is 18.7 Å². The van der Waals surface area contributed by atoms with Gasteiger partial charge in [0.25, 0.3) is 0 Å². The number of benzene rings is 1. The summed E-state index contributed by atoms with van der Waals surface area (Å²) in [4.78, 5) is 10.9. The number of alkyl halides is 3. The van der Waals surface area contributed by atoms with Crippen LogP contribution in [0.4, 0.5) is 13.2 Å². The van der Waals surface area contributed by atoms with Crippen LogP contribution in [0.15, 0.2) is 30.9 Å². The molecule has 0 fully saturated rings. The second-order valence-electron chi connectivity index (χ2n) is 3.09. The van der Waals surface area contributed by atoms with Crippen molar-refractivity contribution in [3.63, 3.8) is 0 Å². The summed E-state index contributed by atoms with van der Waals surface area (Å²) in [5.41, 5.74) is -0.418. The van der Waals surface area contributed by atoms with Crippen LogP contribution in [0.1, 0.15) is 10.4 Å². The predicted molar refractivity (Wildman–Crippen MR) is 55.8 cm³/mol. The summed E-state index contributed by atoms with van der Waals surface area (Å²) in [5.74, 6) is -2.60. The lowest BCUT2D eigenvalue weighted by molar-refractivity contribution is -0.275. The van der Waals surface area contributed by atoms with Crippen molar-refractivity contribution >= 4 is 5.97 Å². The maximum atomic E-state index is 12.1. The molecule has 1 N–H and O–H groups in total. The zero-order chi connectivity index (χ0) is 13.8. The van der Waals surface area contributed by atoms with E-state index in [1.54, 1.807) is 0 Å². The Morgan fingerprint density at radius 2 is 2.11 bits per heavy atom. The quantitative estimate of drug-likeness (QED) is 0.829. The highest BCUT2D eigenvalue weighted by atomic mass is 19.4. The minimum absolute atomic E-state index is 0.140. The normalized spacial score (nSPS) is 10.8. The Labute approximate surface area is 100 Å². The molecule has 1 aromatic carbocycles. The van der Waals surface area contributed by atoms with Crippen LogP contribution in [0, 0.1) is 0 Å². The van der Waals surface area contributed by atoms with Gasteiger partial charge in [0.2, 0.25) is 0 Å². The fourth-order valence-corrected chi connectivity index (χ4v) is 1.18. The number of carboxylic acids is 1. The van der Waals surface area contributed by atoms with Gasteiger partial charge in [0.15, 0.2) is 11.5 Å². The molecule has 0 aliphatic heterocycles. The lowest BCUT2D eigenvalue weighted by atomic mass is 10.2. The number of aromatic carboxylic acids is 1. The summed E-state index contributed by atoms with van der Waals surface area (Å²) in [6.45, 7) is 3.18. The second kappa shape index (κ2) is 5.44. The van der Waals surface area contributed by atoms with Gasteiger partial charge in [-0.25, -0.2) is 4.79 Å². The number of rotatable bonds is 5. The molecule has 0 aliphatic carbocycles. The summed E-state index contributed by atoms with van der Waals surface area (Å²) in [7, 11) is 0. The molecule has 0 heterocycles. The molecular weight excluding hydrogens is 253 g/mol. The zero-order valence-electron chi connectivity index (χ0n) is 9.03. The van der Waals surface area contributed by atoms with Crippen LogP contribution in [0.2, 0.25) is 0 Å². The first-order valence-electron chi connectivity index (χ1n) is 4.71. The van der Waals surface area contributed by atoms with Crippen LogP contribution < -0.4 is 9.47 Å². The van der Waals surface area contributed by atoms with Gasteiger partial charge in [-0.15, -0.1) is 13.2 Å². The predicted octanol–water partition coefficient (Wildman–Crippen LogP) is 2.85. The van der Waals surface area contributed by atoms with E-state index in [-0.39, 0.29) is 6.61 Å². The van der Waals surface area contributed by atoms with E-state index in [4.69, 9.17) is 9.84 Å². The molecule has 0 atom stereocenters. The number of carbonyl (C=O) groups is 1. The summed E-state index contributed by atoms with van der Waals surface area (Å²) >= 11 is 0. The van der Waals surface area contributed by atoms with Crippen LogP contribution in [-0.2, 0) is 0 Å². The summed E-state index contributed by atoms with van der Waals surface area (Å²) < 4.78 is 45.0. The van der Waals surface area contributed by atoms with E-state index >= 15 is 0 Å². The number of halogens is 3. The van der Waals surface area contributed by atoms with Gasteiger partial charge < -0.3 is 14.6 Å². The number of hydrogen-bond donors (Lipinski definition) is 1. The number of para-hydroxylation sites is 1. The third kappa shape index (κ3) is 3.69. The maximum absolute atomic E-state index is 12.1. The molecule has 0 aromatic heterocycles. The minimum Gasteiger partial charge on any atom is -0.485 e. The molecule has 0 radical (unpaired) electrons. The average molecular weight is 262 g/mol. The van der Waals surface area contributed by atoms with E-state index in [9.17, 15) is 18.0 Å².